The van der Waals surface area contributed by atoms with E-state index in [1.807, 2.05) is 12.3 Å². The summed E-state index contributed by atoms with van der Waals surface area (Å²) < 4.78 is 7.68. The fraction of sp³-hybridized carbons (Fsp3) is 0.526. The second-order valence-electron chi connectivity index (χ2n) is 7.72. The van der Waals surface area contributed by atoms with Crippen molar-refractivity contribution in [2.75, 3.05) is 13.2 Å². The fourth-order valence-electron chi connectivity index (χ4n) is 3.28. The van der Waals surface area contributed by atoms with Crippen LogP contribution >= 0.6 is 0 Å². The Labute approximate surface area is 148 Å². The third-order valence-electron chi connectivity index (χ3n) is 4.60. The van der Waals surface area contributed by atoms with Gasteiger partial charge in [-0.3, -0.25) is 10.1 Å². The predicted octanol–water partition coefficient (Wildman–Crippen LogP) is 4.18. The molecular weight excluding hydrogens is 318 g/mol. The van der Waals surface area contributed by atoms with Gasteiger partial charge in [0.2, 0.25) is 0 Å². The van der Waals surface area contributed by atoms with Gasteiger partial charge in [0.25, 0.3) is 5.69 Å². The highest BCUT2D eigenvalue weighted by Gasteiger charge is 2.25. The predicted molar refractivity (Wildman–Crippen MR) is 96.6 cm³/mol. The van der Waals surface area contributed by atoms with E-state index in [-0.39, 0.29) is 16.0 Å². The summed E-state index contributed by atoms with van der Waals surface area (Å²) in [6, 6.07) is 6.68. The van der Waals surface area contributed by atoms with Crippen molar-refractivity contribution >= 4 is 5.69 Å². The van der Waals surface area contributed by atoms with E-state index in [1.165, 1.54) is 6.07 Å². The number of nitro benzene ring substituents is 1. The Kier molecular flexibility index (Phi) is 4.90. The topological polar surface area (TPSA) is 70.2 Å². The zero-order chi connectivity index (χ0) is 18.0. The minimum absolute atomic E-state index is 0.0915. The lowest BCUT2D eigenvalue weighted by Gasteiger charge is -2.25. The van der Waals surface area contributed by atoms with Crippen LogP contribution in [0, 0.1) is 16.0 Å². The molecule has 0 unspecified atom stereocenters. The largest absolute Gasteiger partial charge is 0.381 e. The van der Waals surface area contributed by atoms with Gasteiger partial charge in [0.1, 0.15) is 5.82 Å². The van der Waals surface area contributed by atoms with Crippen LogP contribution in [0.25, 0.3) is 11.3 Å². The first-order chi connectivity index (χ1) is 11.8. The number of nitro groups is 1. The van der Waals surface area contributed by atoms with Crippen LogP contribution in [0.2, 0.25) is 0 Å². The van der Waals surface area contributed by atoms with Crippen molar-refractivity contribution in [3.8, 4) is 11.3 Å². The van der Waals surface area contributed by atoms with Crippen molar-refractivity contribution in [2.24, 2.45) is 5.92 Å². The van der Waals surface area contributed by atoms with Crippen molar-refractivity contribution in [3.05, 3.63) is 46.4 Å². The molecule has 1 aromatic heterocycles. The van der Waals surface area contributed by atoms with Crippen LogP contribution < -0.4 is 0 Å². The highest BCUT2D eigenvalue weighted by molar-refractivity contribution is 5.62. The smallest absolute Gasteiger partial charge is 0.270 e. The molecular formula is C19H25N3O3. The fourth-order valence-corrected chi connectivity index (χ4v) is 3.28. The first kappa shape index (κ1) is 17.6. The minimum atomic E-state index is -0.368. The molecule has 1 aromatic carbocycles. The van der Waals surface area contributed by atoms with Gasteiger partial charge in [0.05, 0.1) is 10.6 Å². The average molecular weight is 343 g/mol. The molecule has 0 bridgehead atoms. The van der Waals surface area contributed by atoms with Crippen molar-refractivity contribution in [2.45, 2.75) is 45.6 Å². The van der Waals surface area contributed by atoms with Crippen molar-refractivity contribution in [1.29, 1.82) is 0 Å². The molecule has 3 rings (SSSR count). The van der Waals surface area contributed by atoms with E-state index in [2.05, 4.69) is 25.3 Å². The standard InChI is InChI=1S/C19H25N3O3/c1-19(2,3)18-20-17(15-5-4-6-16(11-15)22(23)24)13-21(18)12-14-7-9-25-10-8-14/h4-6,11,13-14H,7-10,12H2,1-3H3. The molecule has 2 aromatic rings. The first-order valence-electron chi connectivity index (χ1n) is 8.75. The molecule has 0 spiro atoms. The minimum Gasteiger partial charge on any atom is -0.381 e. The van der Waals surface area contributed by atoms with Crippen LogP contribution in [0.15, 0.2) is 30.5 Å². The van der Waals surface area contributed by atoms with Crippen molar-refractivity contribution in [3.63, 3.8) is 0 Å². The van der Waals surface area contributed by atoms with E-state index in [4.69, 9.17) is 9.72 Å². The van der Waals surface area contributed by atoms with Crippen LogP contribution in [-0.4, -0.2) is 27.7 Å². The van der Waals surface area contributed by atoms with Gasteiger partial charge in [0.15, 0.2) is 0 Å². The highest BCUT2D eigenvalue weighted by atomic mass is 16.6. The average Bonchev–Trinajstić information content (AvgIpc) is 3.00. The zero-order valence-corrected chi connectivity index (χ0v) is 15.1. The summed E-state index contributed by atoms with van der Waals surface area (Å²) >= 11 is 0. The molecule has 0 N–H and O–H groups in total. The summed E-state index contributed by atoms with van der Waals surface area (Å²) in [5.41, 5.74) is 1.57. The number of ether oxygens (including phenoxy) is 1. The van der Waals surface area contributed by atoms with E-state index in [0.29, 0.717) is 5.92 Å². The number of hydrogen-bond donors (Lipinski definition) is 0. The lowest BCUT2D eigenvalue weighted by Crippen LogP contribution is -2.24. The molecule has 0 radical (unpaired) electrons. The number of aromatic nitrogens is 2. The number of rotatable bonds is 4. The Morgan fingerprint density at radius 1 is 1.32 bits per heavy atom. The SMILES string of the molecule is CC(C)(C)c1nc(-c2cccc([N+](=O)[O-])c2)cn1CC1CCOCC1. The molecule has 1 aliphatic heterocycles. The Morgan fingerprint density at radius 3 is 2.68 bits per heavy atom. The molecule has 6 nitrogen and oxygen atoms in total. The first-order valence-corrected chi connectivity index (χ1v) is 8.75. The Hall–Kier alpha value is -2.21. The van der Waals surface area contributed by atoms with Gasteiger partial charge in [-0.05, 0) is 18.8 Å². The van der Waals surface area contributed by atoms with Crippen LogP contribution in [0.1, 0.15) is 39.4 Å². The summed E-state index contributed by atoms with van der Waals surface area (Å²) in [6.45, 7) is 8.99. The van der Waals surface area contributed by atoms with Gasteiger partial charge >= 0.3 is 0 Å². The van der Waals surface area contributed by atoms with Gasteiger partial charge in [-0.1, -0.05) is 32.9 Å². The third kappa shape index (κ3) is 4.07. The molecule has 0 amide bonds. The summed E-state index contributed by atoms with van der Waals surface area (Å²) in [6.07, 6.45) is 4.16. The molecule has 0 aliphatic carbocycles. The molecule has 2 heterocycles. The quantitative estimate of drug-likeness (QED) is 0.617. The van der Waals surface area contributed by atoms with Gasteiger partial charge in [0, 0.05) is 49.1 Å². The highest BCUT2D eigenvalue weighted by Crippen LogP contribution is 2.29. The number of nitrogens with zero attached hydrogens (tertiary/aromatic N) is 3. The van der Waals surface area contributed by atoms with Gasteiger partial charge < -0.3 is 9.30 Å². The maximum Gasteiger partial charge on any atom is 0.270 e. The second-order valence-corrected chi connectivity index (χ2v) is 7.72. The molecule has 0 atom stereocenters. The number of hydrogen-bond acceptors (Lipinski definition) is 4. The Morgan fingerprint density at radius 2 is 2.04 bits per heavy atom. The van der Waals surface area contributed by atoms with Crippen LogP contribution in [0.5, 0.6) is 0 Å². The Balaban J connectivity index is 1.95. The van der Waals surface area contributed by atoms with Crippen LogP contribution in [0.4, 0.5) is 5.69 Å². The van der Waals surface area contributed by atoms with E-state index < -0.39 is 0 Å². The van der Waals surface area contributed by atoms with Crippen LogP contribution in [0.3, 0.4) is 0 Å². The molecule has 25 heavy (non-hydrogen) atoms. The van der Waals surface area contributed by atoms with Gasteiger partial charge in [-0.2, -0.15) is 0 Å². The van der Waals surface area contributed by atoms with Crippen LogP contribution in [-0.2, 0) is 16.7 Å². The summed E-state index contributed by atoms with van der Waals surface area (Å²) in [7, 11) is 0. The van der Waals surface area contributed by atoms with E-state index in [0.717, 1.165) is 49.7 Å². The van der Waals surface area contributed by atoms with Crippen molar-refractivity contribution in [1.82, 2.24) is 9.55 Å². The normalized spacial score (nSPS) is 16.1. The molecule has 6 heteroatoms. The zero-order valence-electron chi connectivity index (χ0n) is 15.1. The van der Waals surface area contributed by atoms with E-state index in [9.17, 15) is 10.1 Å². The maximum absolute atomic E-state index is 11.0. The molecule has 134 valence electrons. The lowest BCUT2D eigenvalue weighted by molar-refractivity contribution is -0.384. The number of non-ortho nitro benzene ring substituents is 1. The van der Waals surface area contributed by atoms with E-state index >= 15 is 0 Å². The van der Waals surface area contributed by atoms with Gasteiger partial charge in [-0.15, -0.1) is 0 Å². The van der Waals surface area contributed by atoms with Crippen molar-refractivity contribution < 1.29 is 9.66 Å². The Bertz CT molecular complexity index is 756. The molecule has 1 fully saturated rings. The maximum atomic E-state index is 11.0. The third-order valence-corrected chi connectivity index (χ3v) is 4.60. The summed E-state index contributed by atoms with van der Waals surface area (Å²) in [4.78, 5) is 15.5. The number of imidazole rings is 1. The lowest BCUT2D eigenvalue weighted by atomic mass is 9.94. The monoisotopic (exact) mass is 343 g/mol. The molecule has 1 saturated heterocycles. The number of benzene rings is 1. The molecule has 1 aliphatic rings. The van der Waals surface area contributed by atoms with Gasteiger partial charge in [-0.25, -0.2) is 4.98 Å². The summed E-state index contributed by atoms with van der Waals surface area (Å²) in [5, 5.41) is 11.0. The van der Waals surface area contributed by atoms with E-state index in [1.54, 1.807) is 12.1 Å². The second kappa shape index (κ2) is 6.96. The molecule has 0 saturated carbocycles. The summed E-state index contributed by atoms with van der Waals surface area (Å²) in [5.74, 6) is 1.60.